The Morgan fingerprint density at radius 2 is 0.600 bits per heavy atom. The summed E-state index contributed by atoms with van der Waals surface area (Å²) in [7, 11) is 8.21. The minimum atomic E-state index is -0.660. The highest BCUT2D eigenvalue weighted by molar-refractivity contribution is 6.10. The Balaban J connectivity index is 0.000000113. The molecule has 22 aromatic rings. The van der Waals surface area contributed by atoms with Gasteiger partial charge >= 0.3 is 0 Å². The molecule has 0 bridgehead atoms. The summed E-state index contributed by atoms with van der Waals surface area (Å²) in [4.78, 5) is 0. The van der Waals surface area contributed by atoms with E-state index in [1.807, 2.05) is 106 Å². The first-order chi connectivity index (χ1) is 62.8. The van der Waals surface area contributed by atoms with E-state index in [9.17, 15) is 22.0 Å². The van der Waals surface area contributed by atoms with Gasteiger partial charge in [-0.05, 0) is 182 Å². The van der Waals surface area contributed by atoms with Gasteiger partial charge < -0.3 is 17.7 Å². The molecule has 0 fully saturated rings. The highest BCUT2D eigenvalue weighted by atomic mass is 19.1. The summed E-state index contributed by atoms with van der Waals surface area (Å²) in [6, 6.07) is 85.4. The first kappa shape index (κ1) is 84.3. The Hall–Kier alpha value is -15.2. The Labute approximate surface area is 749 Å². The number of aromatic nitrogens is 8. The molecule has 17 heteroatoms. The van der Waals surface area contributed by atoms with Crippen LogP contribution < -0.4 is 18.3 Å². The van der Waals surface area contributed by atoms with Gasteiger partial charge in [-0.1, -0.05) is 175 Å². The number of nitrogens with zero attached hydrogens (tertiary/aromatic N) is 8. The predicted octanol–water partition coefficient (Wildman–Crippen LogP) is 28.1. The van der Waals surface area contributed by atoms with E-state index in [-0.39, 0.29) is 23.0 Å². The average molecular weight is 1730 g/mol. The lowest BCUT2D eigenvalue weighted by Crippen LogP contribution is -2.29. The van der Waals surface area contributed by atoms with Crippen molar-refractivity contribution in [1.82, 2.24) is 18.3 Å². The molecule has 0 radical (unpaired) electrons. The topological polar surface area (TPSA) is 87.8 Å². The Kier molecular flexibility index (Phi) is 22.2. The molecule has 0 aliphatic heterocycles. The molecule has 12 nitrogen and oxygen atoms in total. The lowest BCUT2D eigenvalue weighted by molar-refractivity contribution is -0.659. The second-order valence-electron chi connectivity index (χ2n) is 34.7. The van der Waals surface area contributed by atoms with Crippen molar-refractivity contribution in [2.24, 2.45) is 28.2 Å². The van der Waals surface area contributed by atoms with Crippen LogP contribution in [-0.2, 0) is 28.2 Å². The van der Waals surface area contributed by atoms with Crippen molar-refractivity contribution in [3.05, 3.63) is 385 Å². The van der Waals surface area contributed by atoms with Crippen LogP contribution in [0.3, 0.4) is 0 Å². The van der Waals surface area contributed by atoms with Gasteiger partial charge in [0.1, 0.15) is 146 Å². The lowest BCUT2D eigenvalue weighted by Gasteiger charge is -2.18. The van der Waals surface area contributed by atoms with Crippen LogP contribution in [-0.4, -0.2) is 18.3 Å². The van der Waals surface area contributed by atoms with E-state index < -0.39 is 11.6 Å². The smallest absolute Gasteiger partial charge is 0.294 e. The van der Waals surface area contributed by atoms with Crippen LogP contribution in [0, 0.1) is 56.8 Å². The van der Waals surface area contributed by atoms with Gasteiger partial charge in [0.05, 0.1) is 55.8 Å². The lowest BCUT2D eigenvalue weighted by atomic mass is 9.92. The Morgan fingerprint density at radius 1 is 0.262 bits per heavy atom. The van der Waals surface area contributed by atoms with Gasteiger partial charge in [0, 0.05) is 95.9 Å². The van der Waals surface area contributed by atoms with E-state index in [0.717, 1.165) is 157 Å². The maximum Gasteiger partial charge on any atom is 0.294 e. The Morgan fingerprint density at radius 3 is 1.05 bits per heavy atom. The Bertz CT molecular complexity index is 8050. The zero-order valence-corrected chi connectivity index (χ0v) is 74.9. The normalized spacial score (nSPS) is 11.7. The average Bonchev–Trinajstić information content (AvgIpc) is 1.60. The van der Waals surface area contributed by atoms with Gasteiger partial charge in [-0.2, -0.15) is 18.3 Å². The van der Waals surface area contributed by atoms with Crippen molar-refractivity contribution in [2.45, 2.75) is 87.0 Å². The number of aryl methyl sites for hydroxylation is 8. The molecule has 0 aliphatic carbocycles. The van der Waals surface area contributed by atoms with Gasteiger partial charge in [0.25, 0.3) is 23.3 Å². The summed E-state index contributed by atoms with van der Waals surface area (Å²) >= 11 is 0. The monoisotopic (exact) mass is 1720 g/mol. The quantitative estimate of drug-likeness (QED) is 0.0850. The molecule has 22 rings (SSSR count). The van der Waals surface area contributed by atoms with Crippen molar-refractivity contribution >= 4 is 87.8 Å². The van der Waals surface area contributed by atoms with Crippen LogP contribution in [0.2, 0.25) is 0 Å². The second kappa shape index (κ2) is 34.2. The van der Waals surface area contributed by atoms with E-state index in [1.165, 1.54) is 70.5 Å². The van der Waals surface area contributed by atoms with Gasteiger partial charge in [0.2, 0.25) is 0 Å². The number of hydrogen-bond acceptors (Lipinski definition) is 4. The number of rotatable bonds is 13. The van der Waals surface area contributed by atoms with Gasteiger partial charge in [-0.25, -0.2) is 40.2 Å². The maximum absolute atomic E-state index is 14.8. The predicted molar refractivity (Wildman–Crippen MR) is 511 cm³/mol. The van der Waals surface area contributed by atoms with E-state index in [4.69, 9.17) is 17.7 Å². The fourth-order valence-corrected chi connectivity index (χ4v) is 18.7. The van der Waals surface area contributed by atoms with E-state index in [1.54, 1.807) is 18.2 Å². The number of benzene rings is 14. The summed E-state index contributed by atoms with van der Waals surface area (Å²) < 4.78 is 111. The molecule has 0 amide bonds. The highest BCUT2D eigenvalue weighted by Gasteiger charge is 2.33. The van der Waals surface area contributed by atoms with Crippen LogP contribution in [0.1, 0.15) is 98.2 Å². The maximum atomic E-state index is 14.8. The third-order valence-corrected chi connectivity index (χ3v) is 25.0. The molecule has 0 N–H and O–H groups in total. The van der Waals surface area contributed by atoms with Gasteiger partial charge in [-0.3, -0.25) is 0 Å². The SMILES string of the molecule is Cc1cc2c(cc1-c1n(-c3c(-c4ccccc4)cccc3-c3ccccc3)cc[n+]1C)oc1cc(F)cc(F)c12.Cc1cc2oc3cc(F)ccc3c2cc1-c1n(-c2c(C(C)C)cccc2C(C)C)cc[n+]1C.Cc1cc2oc3cc(F)ccc3c2cc1-c1n(-c2ccccc2)cc[n+]1C.Cc1cc2oc3cc(F)ccc3c2cc1-c1n(-c2ccccc2C(C)C)cc[n+]1C. The number of imidazole rings is 4. The van der Waals surface area contributed by atoms with Crippen LogP contribution in [0.4, 0.5) is 22.0 Å². The summed E-state index contributed by atoms with van der Waals surface area (Å²) in [6.45, 7) is 21.7. The number of fused-ring (bicyclic) bond motifs is 12. The molecule has 8 heterocycles. The third-order valence-electron chi connectivity index (χ3n) is 25.0. The van der Waals surface area contributed by atoms with Crippen molar-refractivity contribution in [3.8, 4) is 90.6 Å². The third kappa shape index (κ3) is 15.4. The van der Waals surface area contributed by atoms with Crippen molar-refractivity contribution in [2.75, 3.05) is 0 Å². The summed E-state index contributed by atoms with van der Waals surface area (Å²) in [5.41, 5.74) is 26.3. The van der Waals surface area contributed by atoms with Gasteiger partial charge in [0.15, 0.2) is 0 Å². The van der Waals surface area contributed by atoms with E-state index in [0.29, 0.717) is 50.9 Å². The second-order valence-corrected chi connectivity index (χ2v) is 34.7. The molecule has 0 unspecified atom stereocenters. The molecule has 0 spiro atoms. The molecule has 644 valence electrons. The molecule has 8 aromatic heterocycles. The molecule has 0 saturated carbocycles. The molecule has 0 aliphatic rings. The minimum Gasteiger partial charge on any atom is -0.456 e. The van der Waals surface area contributed by atoms with Crippen LogP contribution in [0.25, 0.3) is 178 Å². The largest absolute Gasteiger partial charge is 0.456 e. The zero-order valence-electron chi connectivity index (χ0n) is 74.9. The summed E-state index contributed by atoms with van der Waals surface area (Å²) in [5.74, 6) is 3.29. The summed E-state index contributed by atoms with van der Waals surface area (Å²) in [5, 5.41) is 6.69. The first-order valence-electron chi connectivity index (χ1n) is 43.8. The van der Waals surface area contributed by atoms with Gasteiger partial charge in [-0.15, -0.1) is 0 Å². The van der Waals surface area contributed by atoms with Crippen molar-refractivity contribution < 1.29 is 57.9 Å². The number of para-hydroxylation sites is 4. The summed E-state index contributed by atoms with van der Waals surface area (Å²) in [6.07, 6.45) is 16.7. The molecular formula is C113H97F5N8O4+4. The number of halogens is 5. The molecule has 0 atom stereocenters. The minimum absolute atomic E-state index is 0.199. The van der Waals surface area contributed by atoms with Crippen LogP contribution in [0.5, 0.6) is 0 Å². The standard InChI is InChI=1S/C35H25F2N2O.C29H30FN2O.C26H24FN2O.C23H18FN2O/c1-22-18-29-31(40-32-20-25(36)19-30(37)33(29)32)21-28(22)35-38(2)16-17-39(35)34-26(23-10-5-3-6-11-23)14-9-15-27(34)24-12-7-4-8-13-24;1-17(2)21-8-7-9-22(18(3)4)28(21)32-13-12-31(6)29(32)24-16-25-23-11-10-20(30)15-27(23)33-26(25)14-19(24)5;1-16(2)19-7-5-6-8-23(19)29-12-11-28(4)26(29)21-15-22-20-10-9-18(27)14-25(20)30-24(22)13-17(21)3;1-15-12-21-20(18-9-8-16(24)13-22(18)27-21)14-19(15)23-25(2)10-11-26(23)17-6-4-3-5-7-17/h3-21H,1-2H3;7-18H,1-6H3;5-16H,1-4H3;3-14H,1-2H3/q4*+1. The molecule has 130 heavy (non-hydrogen) atoms. The highest BCUT2D eigenvalue weighted by Crippen LogP contribution is 2.45. The molecule has 0 saturated heterocycles. The van der Waals surface area contributed by atoms with Crippen molar-refractivity contribution in [1.29, 1.82) is 0 Å². The first-order valence-corrected chi connectivity index (χ1v) is 43.8. The van der Waals surface area contributed by atoms with Crippen molar-refractivity contribution in [3.63, 3.8) is 0 Å². The fourth-order valence-electron chi connectivity index (χ4n) is 18.7. The molecule has 14 aromatic carbocycles. The zero-order chi connectivity index (χ0) is 90.4. The van der Waals surface area contributed by atoms with E-state index in [2.05, 4.69) is 278 Å². The number of furan rings is 4. The van der Waals surface area contributed by atoms with Crippen LogP contribution in [0.15, 0.2) is 334 Å². The fraction of sp³-hybridized carbons (Fsp3) is 0.150. The van der Waals surface area contributed by atoms with E-state index >= 15 is 0 Å². The molecular weight excluding hydrogens is 1630 g/mol. The van der Waals surface area contributed by atoms with Crippen LogP contribution >= 0.6 is 0 Å². The number of hydrogen-bond donors (Lipinski definition) is 0.